The Labute approximate surface area is 289 Å². The second kappa shape index (κ2) is 36.5. The van der Waals surface area contributed by atoms with Gasteiger partial charge < -0.3 is 15.2 Å². The molecule has 0 saturated carbocycles. The number of carboxylic acids is 1. The predicted molar refractivity (Wildman–Crippen MR) is 199 cm³/mol. The molecular weight excluding hydrogens is 586 g/mol. The Kier molecular flexibility index (Phi) is 34.6. The zero-order valence-electron chi connectivity index (χ0n) is 30.6. The number of hydrogen-bond donors (Lipinski definition) is 2. The molecule has 0 fully saturated rings. The summed E-state index contributed by atoms with van der Waals surface area (Å²) in [5.41, 5.74) is 0. The molecule has 0 aliphatic heterocycles. The summed E-state index contributed by atoms with van der Waals surface area (Å²) in [5.74, 6) is -1.25. The van der Waals surface area contributed by atoms with Crippen LogP contribution >= 0.6 is 0 Å². The van der Waals surface area contributed by atoms with Crippen LogP contribution in [0.25, 0.3) is 0 Å². The molecule has 0 radical (unpaired) electrons. The molecule has 1 atom stereocenters. The van der Waals surface area contributed by atoms with Gasteiger partial charge in [0.1, 0.15) is 12.6 Å². The first-order valence-corrected chi connectivity index (χ1v) is 19.6. The average molecular weight is 660 g/mol. The van der Waals surface area contributed by atoms with E-state index in [1.165, 1.54) is 83.5 Å². The summed E-state index contributed by atoms with van der Waals surface area (Å²) in [6.45, 7) is 4.17. The summed E-state index contributed by atoms with van der Waals surface area (Å²) < 4.78 is 5.97. The van der Waals surface area contributed by atoms with Crippen molar-refractivity contribution < 1.29 is 24.2 Å². The quantitative estimate of drug-likeness (QED) is 0.0401. The number of amides is 1. The highest BCUT2D eigenvalue weighted by molar-refractivity contribution is 5.80. The molecule has 0 saturated heterocycles. The van der Waals surface area contributed by atoms with Gasteiger partial charge >= 0.3 is 11.9 Å². The van der Waals surface area contributed by atoms with Crippen LogP contribution < -0.4 is 5.32 Å². The Morgan fingerprint density at radius 3 is 1.53 bits per heavy atom. The van der Waals surface area contributed by atoms with E-state index in [1.807, 2.05) is 0 Å². The van der Waals surface area contributed by atoms with Crippen molar-refractivity contribution in [2.24, 2.45) is 0 Å². The van der Waals surface area contributed by atoms with Crippen LogP contribution in [0.5, 0.6) is 0 Å². The van der Waals surface area contributed by atoms with Crippen LogP contribution in [0.2, 0.25) is 0 Å². The Balaban J connectivity index is 3.99. The van der Waals surface area contributed by atoms with E-state index in [0.717, 1.165) is 83.5 Å². The van der Waals surface area contributed by atoms with Gasteiger partial charge in [0.15, 0.2) is 0 Å². The lowest BCUT2D eigenvalue weighted by Crippen LogP contribution is -2.28. The van der Waals surface area contributed by atoms with Gasteiger partial charge in [-0.1, -0.05) is 140 Å². The third-order valence-corrected chi connectivity index (χ3v) is 8.56. The maximum absolute atomic E-state index is 12.6. The number of carbonyl (C=O) groups excluding carboxylic acids is 2. The number of unbranched alkanes of at least 4 members (excludes halogenated alkanes) is 18. The van der Waals surface area contributed by atoms with E-state index in [1.54, 1.807) is 0 Å². The molecule has 0 aromatic heterocycles. The second-order valence-electron chi connectivity index (χ2n) is 13.2. The van der Waals surface area contributed by atoms with Gasteiger partial charge in [-0.05, 0) is 77.0 Å². The van der Waals surface area contributed by atoms with Gasteiger partial charge in [-0.2, -0.15) is 0 Å². The van der Waals surface area contributed by atoms with Crippen molar-refractivity contribution in [1.29, 1.82) is 0 Å². The first-order chi connectivity index (χ1) is 23.0. The minimum atomic E-state index is -1.02. The number of hydrogen-bond acceptors (Lipinski definition) is 4. The number of esters is 1. The minimum absolute atomic E-state index is 0.0242. The van der Waals surface area contributed by atoms with E-state index >= 15 is 0 Å². The summed E-state index contributed by atoms with van der Waals surface area (Å²) >= 11 is 0. The van der Waals surface area contributed by atoms with Crippen molar-refractivity contribution in [1.82, 2.24) is 5.32 Å². The van der Waals surface area contributed by atoms with Crippen LogP contribution in [0.3, 0.4) is 0 Å². The summed E-state index contributed by atoms with van der Waals surface area (Å²) in [4.78, 5) is 34.8. The molecule has 1 unspecified atom stereocenters. The zero-order chi connectivity index (χ0) is 34.5. The number of nitrogens with one attached hydrogen (secondary N) is 1. The molecule has 0 aliphatic carbocycles. The molecule has 6 nitrogen and oxygen atoms in total. The lowest BCUT2D eigenvalue weighted by Gasteiger charge is -2.18. The highest BCUT2D eigenvalue weighted by Crippen LogP contribution is 2.18. The fourth-order valence-electron chi connectivity index (χ4n) is 5.64. The summed E-state index contributed by atoms with van der Waals surface area (Å²) in [5, 5.41) is 11.0. The van der Waals surface area contributed by atoms with E-state index in [9.17, 15) is 14.4 Å². The van der Waals surface area contributed by atoms with E-state index in [-0.39, 0.29) is 24.5 Å². The molecule has 272 valence electrons. The number of allylic oxidation sites excluding steroid dienone is 6. The highest BCUT2D eigenvalue weighted by Gasteiger charge is 2.14. The number of carboxylic acid groups (broad SMARTS) is 1. The van der Waals surface area contributed by atoms with Gasteiger partial charge in [-0.3, -0.25) is 14.4 Å². The van der Waals surface area contributed by atoms with Crippen molar-refractivity contribution in [3.05, 3.63) is 36.5 Å². The van der Waals surface area contributed by atoms with Crippen molar-refractivity contribution in [3.63, 3.8) is 0 Å². The number of ether oxygens (including phenoxy) is 1. The maximum atomic E-state index is 12.6. The van der Waals surface area contributed by atoms with Crippen LogP contribution in [0.4, 0.5) is 0 Å². The van der Waals surface area contributed by atoms with Crippen LogP contribution in [-0.4, -0.2) is 35.6 Å². The second-order valence-corrected chi connectivity index (χ2v) is 13.2. The monoisotopic (exact) mass is 660 g/mol. The zero-order valence-corrected chi connectivity index (χ0v) is 30.6. The molecule has 0 heterocycles. The van der Waals surface area contributed by atoms with Gasteiger partial charge in [0.25, 0.3) is 0 Å². The molecule has 0 bridgehead atoms. The Morgan fingerprint density at radius 2 is 0.979 bits per heavy atom. The third-order valence-electron chi connectivity index (χ3n) is 8.56. The van der Waals surface area contributed by atoms with Crippen LogP contribution in [0, 0.1) is 0 Å². The van der Waals surface area contributed by atoms with Crippen LogP contribution in [0.1, 0.15) is 194 Å². The largest absolute Gasteiger partial charge is 0.480 e. The van der Waals surface area contributed by atoms with Crippen molar-refractivity contribution >= 4 is 17.8 Å². The third kappa shape index (κ3) is 36.3. The van der Waals surface area contributed by atoms with Crippen LogP contribution in [0.15, 0.2) is 36.5 Å². The smallest absolute Gasteiger partial charge is 0.322 e. The van der Waals surface area contributed by atoms with Crippen molar-refractivity contribution in [2.45, 2.75) is 200 Å². The average Bonchev–Trinajstić information content (AvgIpc) is 3.05. The molecular formula is C41H73NO5. The summed E-state index contributed by atoms with van der Waals surface area (Å²) in [6.07, 6.45) is 44.1. The first kappa shape index (κ1) is 44.6. The SMILES string of the molecule is CCCCC/C=C\C/C=C\C/C=C\CCCCCCCCC(=O)OC(CCCCCCCC)CCCCCCCC(=O)NCC(=O)O. The molecule has 0 aliphatic rings. The lowest BCUT2D eigenvalue weighted by atomic mass is 10.0. The van der Waals surface area contributed by atoms with Crippen LogP contribution in [-0.2, 0) is 19.1 Å². The molecule has 2 N–H and O–H groups in total. The van der Waals surface area contributed by atoms with E-state index < -0.39 is 5.97 Å². The van der Waals surface area contributed by atoms with Gasteiger partial charge in [-0.15, -0.1) is 0 Å². The van der Waals surface area contributed by atoms with Crippen molar-refractivity contribution in [3.8, 4) is 0 Å². The molecule has 0 aromatic rings. The molecule has 47 heavy (non-hydrogen) atoms. The van der Waals surface area contributed by atoms with Gasteiger partial charge in [0.05, 0.1) is 0 Å². The van der Waals surface area contributed by atoms with Gasteiger partial charge in [0, 0.05) is 12.8 Å². The van der Waals surface area contributed by atoms with E-state index in [4.69, 9.17) is 9.84 Å². The minimum Gasteiger partial charge on any atom is -0.480 e. The van der Waals surface area contributed by atoms with E-state index in [0.29, 0.717) is 12.8 Å². The lowest BCUT2D eigenvalue weighted by molar-refractivity contribution is -0.150. The molecule has 0 aromatic carbocycles. The fraction of sp³-hybridized carbons (Fsp3) is 0.780. The highest BCUT2D eigenvalue weighted by atomic mass is 16.5. The number of rotatable bonds is 35. The Bertz CT molecular complexity index is 819. The van der Waals surface area contributed by atoms with Crippen molar-refractivity contribution in [2.75, 3.05) is 6.54 Å². The molecule has 0 spiro atoms. The topological polar surface area (TPSA) is 92.7 Å². The van der Waals surface area contributed by atoms with Gasteiger partial charge in [0.2, 0.25) is 5.91 Å². The maximum Gasteiger partial charge on any atom is 0.322 e. The fourth-order valence-corrected chi connectivity index (χ4v) is 5.64. The number of carbonyl (C=O) groups is 3. The number of aliphatic carboxylic acids is 1. The molecule has 1 amide bonds. The first-order valence-electron chi connectivity index (χ1n) is 19.6. The Hall–Kier alpha value is -2.37. The standard InChI is InChI=1S/C41H73NO5/c1-3-5-7-9-11-12-13-14-15-16-17-18-19-20-21-22-23-28-32-36-41(46)47-38(33-29-25-10-8-6-4-2)34-30-26-24-27-31-35-39(43)42-37-40(44)45/h11-12,14-15,17-18,38H,3-10,13,16,19-37H2,1-2H3,(H,42,43)(H,44,45)/b12-11-,15-14-,18-17-. The van der Waals surface area contributed by atoms with Gasteiger partial charge in [-0.25, -0.2) is 0 Å². The summed E-state index contributed by atoms with van der Waals surface area (Å²) in [7, 11) is 0. The molecule has 0 rings (SSSR count). The normalized spacial score (nSPS) is 12.4. The molecule has 6 heteroatoms. The summed E-state index contributed by atoms with van der Waals surface area (Å²) in [6, 6.07) is 0. The Morgan fingerprint density at radius 1 is 0.553 bits per heavy atom. The van der Waals surface area contributed by atoms with E-state index in [2.05, 4.69) is 55.6 Å². The predicted octanol–water partition coefficient (Wildman–Crippen LogP) is 11.7.